The van der Waals surface area contributed by atoms with Gasteiger partial charge in [0.05, 0.1) is 5.39 Å². The Hall–Kier alpha value is -0.870. The van der Waals surface area contributed by atoms with Crippen LogP contribution in [0.3, 0.4) is 0 Å². The van der Waals surface area contributed by atoms with Crippen molar-refractivity contribution >= 4 is 39.8 Å². The molecule has 0 aliphatic carbocycles. The third kappa shape index (κ3) is 2.56. The van der Waals surface area contributed by atoms with Crippen molar-refractivity contribution in [3.05, 3.63) is 16.8 Å². The third-order valence-electron chi connectivity index (χ3n) is 3.90. The summed E-state index contributed by atoms with van der Waals surface area (Å²) >= 11 is 1.78. The summed E-state index contributed by atoms with van der Waals surface area (Å²) in [5, 5.41) is 1.27. The lowest BCUT2D eigenvalue weighted by atomic mass is 10.00. The highest BCUT2D eigenvalue weighted by atomic mass is 35.5. The maximum Gasteiger partial charge on any atom is 0.141 e. The van der Waals surface area contributed by atoms with Crippen molar-refractivity contribution in [3.63, 3.8) is 0 Å². The molecule has 0 bridgehead atoms. The fourth-order valence-corrected chi connectivity index (χ4v) is 3.78. The van der Waals surface area contributed by atoms with Gasteiger partial charge in [-0.05, 0) is 38.2 Å². The van der Waals surface area contributed by atoms with Crippen LogP contribution in [0.4, 0.5) is 5.82 Å². The van der Waals surface area contributed by atoms with E-state index in [4.69, 9.17) is 0 Å². The lowest BCUT2D eigenvalue weighted by Crippen LogP contribution is -2.35. The number of aryl methyl sites for hydroxylation is 2. The molecule has 0 N–H and O–H groups in total. The van der Waals surface area contributed by atoms with E-state index in [1.807, 2.05) is 0 Å². The van der Waals surface area contributed by atoms with Crippen LogP contribution in [0, 0.1) is 19.8 Å². The van der Waals surface area contributed by atoms with Gasteiger partial charge >= 0.3 is 0 Å². The first-order valence-electron chi connectivity index (χ1n) is 6.62. The van der Waals surface area contributed by atoms with Gasteiger partial charge in [0.1, 0.15) is 17.0 Å². The van der Waals surface area contributed by atoms with Gasteiger partial charge in [0, 0.05) is 18.0 Å². The molecule has 19 heavy (non-hydrogen) atoms. The molecule has 0 spiro atoms. The Labute approximate surface area is 124 Å². The molecule has 1 aliphatic heterocycles. The highest BCUT2D eigenvalue weighted by Gasteiger charge is 2.21. The van der Waals surface area contributed by atoms with Gasteiger partial charge in [-0.2, -0.15) is 0 Å². The third-order valence-corrected chi connectivity index (χ3v) is 5.02. The van der Waals surface area contributed by atoms with E-state index in [2.05, 4.69) is 35.6 Å². The van der Waals surface area contributed by atoms with Crippen LogP contribution in [0.15, 0.2) is 6.33 Å². The van der Waals surface area contributed by atoms with Crippen molar-refractivity contribution in [1.29, 1.82) is 0 Å². The molecule has 104 valence electrons. The van der Waals surface area contributed by atoms with E-state index in [-0.39, 0.29) is 12.4 Å². The highest BCUT2D eigenvalue weighted by molar-refractivity contribution is 7.18. The summed E-state index contributed by atoms with van der Waals surface area (Å²) in [4.78, 5) is 13.9. The number of hydrogen-bond acceptors (Lipinski definition) is 4. The fraction of sp³-hybridized carbons (Fsp3) is 0.571. The van der Waals surface area contributed by atoms with Crippen LogP contribution in [0.1, 0.15) is 30.2 Å². The van der Waals surface area contributed by atoms with Crippen LogP contribution in [0.2, 0.25) is 0 Å². The second kappa shape index (κ2) is 5.63. The number of rotatable bonds is 1. The van der Waals surface area contributed by atoms with Gasteiger partial charge in [0.2, 0.25) is 0 Å². The molecule has 0 aromatic carbocycles. The molecule has 5 heteroatoms. The molecule has 1 saturated heterocycles. The lowest BCUT2D eigenvalue weighted by Gasteiger charge is -2.32. The molecule has 1 atom stereocenters. The Balaban J connectivity index is 0.00000133. The second-order valence-electron chi connectivity index (χ2n) is 5.35. The average molecular weight is 298 g/mol. The van der Waals surface area contributed by atoms with Crippen LogP contribution >= 0.6 is 23.7 Å². The molecule has 3 nitrogen and oxygen atoms in total. The summed E-state index contributed by atoms with van der Waals surface area (Å²) in [7, 11) is 0. The summed E-state index contributed by atoms with van der Waals surface area (Å²) < 4.78 is 0. The Bertz CT molecular complexity index is 581. The van der Waals surface area contributed by atoms with E-state index in [0.717, 1.165) is 29.7 Å². The van der Waals surface area contributed by atoms with E-state index in [1.54, 1.807) is 17.7 Å². The molecule has 1 fully saturated rings. The number of thiophene rings is 1. The minimum Gasteiger partial charge on any atom is -0.356 e. The van der Waals surface area contributed by atoms with Gasteiger partial charge in [-0.3, -0.25) is 0 Å². The molecule has 2 aromatic heterocycles. The number of nitrogens with zero attached hydrogens (tertiary/aromatic N) is 3. The van der Waals surface area contributed by atoms with Crippen molar-refractivity contribution < 1.29 is 0 Å². The lowest BCUT2D eigenvalue weighted by molar-refractivity contribution is 0.445. The Morgan fingerprint density at radius 3 is 2.84 bits per heavy atom. The number of fused-ring (bicyclic) bond motifs is 1. The van der Waals surface area contributed by atoms with Crippen molar-refractivity contribution in [2.75, 3.05) is 18.0 Å². The van der Waals surface area contributed by atoms with E-state index in [9.17, 15) is 0 Å². The first kappa shape index (κ1) is 14.5. The molecular formula is C14H20ClN3S. The number of aromatic nitrogens is 2. The highest BCUT2D eigenvalue weighted by Crippen LogP contribution is 2.35. The van der Waals surface area contributed by atoms with Crippen molar-refractivity contribution in [2.45, 2.75) is 33.6 Å². The van der Waals surface area contributed by atoms with Crippen LogP contribution < -0.4 is 4.90 Å². The zero-order chi connectivity index (χ0) is 12.7. The molecule has 3 rings (SSSR count). The number of piperidine rings is 1. The fourth-order valence-electron chi connectivity index (χ4n) is 2.79. The second-order valence-corrected chi connectivity index (χ2v) is 6.56. The maximum atomic E-state index is 4.56. The summed E-state index contributed by atoms with van der Waals surface area (Å²) in [6.45, 7) is 8.94. The van der Waals surface area contributed by atoms with Gasteiger partial charge in [-0.25, -0.2) is 9.97 Å². The summed E-state index contributed by atoms with van der Waals surface area (Å²) in [6.07, 6.45) is 4.33. The van der Waals surface area contributed by atoms with E-state index in [0.29, 0.717) is 0 Å². The van der Waals surface area contributed by atoms with Crippen molar-refractivity contribution in [3.8, 4) is 0 Å². The van der Waals surface area contributed by atoms with E-state index < -0.39 is 0 Å². The number of anilines is 1. The van der Waals surface area contributed by atoms with Gasteiger partial charge in [-0.15, -0.1) is 23.7 Å². The summed E-state index contributed by atoms with van der Waals surface area (Å²) in [5.41, 5.74) is 1.35. The van der Waals surface area contributed by atoms with Crippen LogP contribution in [-0.4, -0.2) is 23.1 Å². The van der Waals surface area contributed by atoms with Gasteiger partial charge in [0.25, 0.3) is 0 Å². The molecule has 0 saturated carbocycles. The molecular weight excluding hydrogens is 278 g/mol. The minimum atomic E-state index is 0. The number of halogens is 1. The summed E-state index contributed by atoms with van der Waals surface area (Å²) in [6, 6.07) is 0. The molecule has 3 heterocycles. The average Bonchev–Trinajstić information content (AvgIpc) is 2.65. The molecule has 1 aliphatic rings. The zero-order valence-corrected chi connectivity index (χ0v) is 13.3. The van der Waals surface area contributed by atoms with Gasteiger partial charge in [0.15, 0.2) is 0 Å². The summed E-state index contributed by atoms with van der Waals surface area (Å²) in [5.74, 6) is 1.91. The van der Waals surface area contributed by atoms with E-state index in [1.165, 1.54) is 28.7 Å². The van der Waals surface area contributed by atoms with Crippen molar-refractivity contribution in [1.82, 2.24) is 9.97 Å². The van der Waals surface area contributed by atoms with Crippen LogP contribution in [0.25, 0.3) is 10.2 Å². The standard InChI is InChI=1S/C14H19N3S.ClH/c1-9-5-4-6-17(7-9)13-12-10(2)11(3)18-14(12)16-8-15-13;/h8-9H,4-7H2,1-3H3;1H. The quantitative estimate of drug-likeness (QED) is 0.797. The van der Waals surface area contributed by atoms with Gasteiger partial charge in [-0.1, -0.05) is 6.92 Å². The number of hydrogen-bond donors (Lipinski definition) is 0. The largest absolute Gasteiger partial charge is 0.356 e. The molecule has 2 aromatic rings. The predicted molar refractivity (Wildman–Crippen MR) is 84.7 cm³/mol. The first-order valence-corrected chi connectivity index (χ1v) is 7.44. The van der Waals surface area contributed by atoms with Crippen LogP contribution in [0.5, 0.6) is 0 Å². The SMILES string of the molecule is Cc1sc2ncnc(N3CCCC(C)C3)c2c1C.Cl. The van der Waals surface area contributed by atoms with Crippen molar-refractivity contribution in [2.24, 2.45) is 5.92 Å². The van der Waals surface area contributed by atoms with E-state index >= 15 is 0 Å². The monoisotopic (exact) mass is 297 g/mol. The zero-order valence-electron chi connectivity index (χ0n) is 11.6. The minimum absolute atomic E-state index is 0. The first-order chi connectivity index (χ1) is 8.66. The normalized spacial score (nSPS) is 19.5. The van der Waals surface area contributed by atoms with Crippen LogP contribution in [-0.2, 0) is 0 Å². The van der Waals surface area contributed by atoms with Gasteiger partial charge < -0.3 is 4.90 Å². The predicted octanol–water partition coefficient (Wildman–Crippen LogP) is 3.97. The molecule has 0 radical (unpaired) electrons. The smallest absolute Gasteiger partial charge is 0.141 e. The Morgan fingerprint density at radius 2 is 2.11 bits per heavy atom. The Morgan fingerprint density at radius 1 is 1.32 bits per heavy atom. The molecule has 0 amide bonds. The Kier molecular flexibility index (Phi) is 4.31. The topological polar surface area (TPSA) is 29.0 Å². The maximum absolute atomic E-state index is 4.56. The molecule has 1 unspecified atom stereocenters.